The molecule has 0 radical (unpaired) electrons. The molecule has 3 rings (SSSR count). The van der Waals surface area contributed by atoms with E-state index in [0.29, 0.717) is 17.9 Å². The molecule has 1 aliphatic carbocycles. The maximum absolute atomic E-state index is 4.58. The third kappa shape index (κ3) is 2.88. The molecular weight excluding hydrogens is 240 g/mol. The summed E-state index contributed by atoms with van der Waals surface area (Å²) in [5.74, 6) is 2.17. The highest BCUT2D eigenvalue weighted by atomic mass is 15.3. The van der Waals surface area contributed by atoms with Crippen molar-refractivity contribution in [2.75, 3.05) is 35.7 Å². The molecule has 2 N–H and O–H groups in total. The van der Waals surface area contributed by atoms with Crippen LogP contribution >= 0.6 is 0 Å². The largest absolute Gasteiger partial charge is 0.357 e. The van der Waals surface area contributed by atoms with E-state index in [1.165, 1.54) is 38.5 Å². The highest BCUT2D eigenvalue weighted by Gasteiger charge is 2.19. The van der Waals surface area contributed by atoms with E-state index >= 15 is 0 Å². The SMILES string of the molecule is CNc1nc(NC2CCCC2)nc(N2CCCC2)n1. The number of rotatable bonds is 4. The second-order valence-corrected chi connectivity index (χ2v) is 5.35. The molecule has 0 unspecified atom stereocenters. The van der Waals surface area contributed by atoms with Gasteiger partial charge in [-0.1, -0.05) is 12.8 Å². The number of nitrogens with one attached hydrogen (secondary N) is 2. The summed E-state index contributed by atoms with van der Waals surface area (Å²) in [4.78, 5) is 15.7. The van der Waals surface area contributed by atoms with Gasteiger partial charge in [0.05, 0.1) is 0 Å². The lowest BCUT2D eigenvalue weighted by Gasteiger charge is -2.18. The van der Waals surface area contributed by atoms with Crippen LogP contribution < -0.4 is 15.5 Å². The third-order valence-electron chi connectivity index (χ3n) is 3.92. The van der Waals surface area contributed by atoms with E-state index in [-0.39, 0.29) is 0 Å². The van der Waals surface area contributed by atoms with E-state index in [0.717, 1.165) is 19.0 Å². The summed E-state index contributed by atoms with van der Waals surface area (Å²) in [7, 11) is 1.85. The van der Waals surface area contributed by atoms with Crippen LogP contribution in [0.1, 0.15) is 38.5 Å². The molecule has 6 heteroatoms. The summed E-state index contributed by atoms with van der Waals surface area (Å²) in [5.41, 5.74) is 0. The fourth-order valence-electron chi connectivity index (χ4n) is 2.85. The normalized spacial score (nSPS) is 19.9. The molecule has 1 saturated carbocycles. The van der Waals surface area contributed by atoms with Crippen LogP contribution in [0.3, 0.4) is 0 Å². The quantitative estimate of drug-likeness (QED) is 0.863. The molecule has 0 aromatic carbocycles. The molecule has 104 valence electrons. The van der Waals surface area contributed by atoms with E-state index in [4.69, 9.17) is 0 Å². The zero-order chi connectivity index (χ0) is 13.1. The predicted molar refractivity (Wildman–Crippen MR) is 76.7 cm³/mol. The Balaban J connectivity index is 1.79. The molecule has 6 nitrogen and oxygen atoms in total. The van der Waals surface area contributed by atoms with Crippen LogP contribution in [-0.2, 0) is 0 Å². The van der Waals surface area contributed by atoms with Crippen LogP contribution in [0.25, 0.3) is 0 Å². The Bertz CT molecular complexity index is 423. The summed E-state index contributed by atoms with van der Waals surface area (Å²) in [6.07, 6.45) is 7.51. The first-order valence-electron chi connectivity index (χ1n) is 7.30. The molecule has 0 bridgehead atoms. The first-order chi connectivity index (χ1) is 9.35. The summed E-state index contributed by atoms with van der Waals surface area (Å²) < 4.78 is 0. The van der Waals surface area contributed by atoms with Crippen molar-refractivity contribution in [1.29, 1.82) is 0 Å². The van der Waals surface area contributed by atoms with Crippen LogP contribution in [0, 0.1) is 0 Å². The summed E-state index contributed by atoms with van der Waals surface area (Å²) in [5, 5.41) is 6.48. The van der Waals surface area contributed by atoms with Crippen molar-refractivity contribution in [2.45, 2.75) is 44.6 Å². The van der Waals surface area contributed by atoms with Crippen molar-refractivity contribution in [1.82, 2.24) is 15.0 Å². The topological polar surface area (TPSA) is 66.0 Å². The smallest absolute Gasteiger partial charge is 0.231 e. The van der Waals surface area contributed by atoms with Crippen LogP contribution in [-0.4, -0.2) is 41.1 Å². The maximum atomic E-state index is 4.58. The van der Waals surface area contributed by atoms with Gasteiger partial charge in [-0.25, -0.2) is 0 Å². The minimum Gasteiger partial charge on any atom is -0.357 e. The van der Waals surface area contributed by atoms with Gasteiger partial charge < -0.3 is 15.5 Å². The van der Waals surface area contributed by atoms with Crippen LogP contribution in [0.5, 0.6) is 0 Å². The average molecular weight is 262 g/mol. The van der Waals surface area contributed by atoms with Gasteiger partial charge in [0.25, 0.3) is 0 Å². The number of hydrogen-bond acceptors (Lipinski definition) is 6. The number of aromatic nitrogens is 3. The van der Waals surface area contributed by atoms with Gasteiger partial charge in [0.2, 0.25) is 17.8 Å². The molecule has 0 atom stereocenters. The molecule has 0 amide bonds. The molecule has 1 aromatic rings. The van der Waals surface area contributed by atoms with E-state index in [1.54, 1.807) is 0 Å². The van der Waals surface area contributed by atoms with Crippen molar-refractivity contribution >= 4 is 17.8 Å². The number of nitrogens with zero attached hydrogens (tertiary/aromatic N) is 4. The Morgan fingerprint density at radius 3 is 2.32 bits per heavy atom. The predicted octanol–water partition coefficient (Wildman–Crippen LogP) is 1.87. The van der Waals surface area contributed by atoms with Gasteiger partial charge in [0, 0.05) is 26.2 Å². The highest BCUT2D eigenvalue weighted by Crippen LogP contribution is 2.23. The van der Waals surface area contributed by atoms with Crippen molar-refractivity contribution in [3.05, 3.63) is 0 Å². The van der Waals surface area contributed by atoms with E-state index in [9.17, 15) is 0 Å². The number of hydrogen-bond donors (Lipinski definition) is 2. The molecule has 1 aliphatic heterocycles. The Morgan fingerprint density at radius 1 is 0.947 bits per heavy atom. The minimum atomic E-state index is 0.526. The van der Waals surface area contributed by atoms with Crippen molar-refractivity contribution in [3.8, 4) is 0 Å². The molecule has 1 saturated heterocycles. The van der Waals surface area contributed by atoms with E-state index in [1.807, 2.05) is 7.05 Å². The number of anilines is 3. The van der Waals surface area contributed by atoms with Gasteiger partial charge in [-0.15, -0.1) is 0 Å². The van der Waals surface area contributed by atoms with Gasteiger partial charge in [-0.2, -0.15) is 15.0 Å². The van der Waals surface area contributed by atoms with Crippen molar-refractivity contribution in [3.63, 3.8) is 0 Å². The maximum Gasteiger partial charge on any atom is 0.231 e. The lowest BCUT2D eigenvalue weighted by Crippen LogP contribution is -2.23. The fraction of sp³-hybridized carbons (Fsp3) is 0.769. The van der Waals surface area contributed by atoms with Crippen molar-refractivity contribution < 1.29 is 0 Å². The lowest BCUT2D eigenvalue weighted by molar-refractivity contribution is 0.740. The van der Waals surface area contributed by atoms with Gasteiger partial charge in [0.15, 0.2) is 0 Å². The zero-order valence-electron chi connectivity index (χ0n) is 11.5. The second kappa shape index (κ2) is 5.59. The zero-order valence-corrected chi connectivity index (χ0v) is 11.5. The molecule has 2 heterocycles. The monoisotopic (exact) mass is 262 g/mol. The van der Waals surface area contributed by atoms with Gasteiger partial charge in [-0.3, -0.25) is 0 Å². The van der Waals surface area contributed by atoms with E-state index in [2.05, 4.69) is 30.5 Å². The molecular formula is C13H22N6. The summed E-state index contributed by atoms with van der Waals surface area (Å²) in [6, 6.07) is 0.526. The Morgan fingerprint density at radius 2 is 1.63 bits per heavy atom. The van der Waals surface area contributed by atoms with Gasteiger partial charge in [-0.05, 0) is 25.7 Å². The Hall–Kier alpha value is -1.59. The summed E-state index contributed by atoms with van der Waals surface area (Å²) >= 11 is 0. The fourth-order valence-corrected chi connectivity index (χ4v) is 2.85. The molecule has 1 aromatic heterocycles. The first kappa shape index (κ1) is 12.4. The lowest BCUT2D eigenvalue weighted by atomic mass is 10.3. The molecule has 2 aliphatic rings. The van der Waals surface area contributed by atoms with Gasteiger partial charge >= 0.3 is 0 Å². The third-order valence-corrected chi connectivity index (χ3v) is 3.92. The minimum absolute atomic E-state index is 0.526. The highest BCUT2D eigenvalue weighted by molar-refractivity contribution is 5.44. The van der Waals surface area contributed by atoms with Crippen LogP contribution in [0.15, 0.2) is 0 Å². The second-order valence-electron chi connectivity index (χ2n) is 5.35. The Labute approximate surface area is 114 Å². The average Bonchev–Trinajstić information content (AvgIpc) is 3.11. The van der Waals surface area contributed by atoms with Crippen molar-refractivity contribution in [2.24, 2.45) is 0 Å². The van der Waals surface area contributed by atoms with Crippen LogP contribution in [0.4, 0.5) is 17.8 Å². The van der Waals surface area contributed by atoms with E-state index < -0.39 is 0 Å². The Kier molecular flexibility index (Phi) is 3.66. The van der Waals surface area contributed by atoms with Crippen LogP contribution in [0.2, 0.25) is 0 Å². The summed E-state index contributed by atoms with van der Waals surface area (Å²) in [6.45, 7) is 2.10. The van der Waals surface area contributed by atoms with Gasteiger partial charge in [0.1, 0.15) is 0 Å². The first-order valence-corrected chi connectivity index (χ1v) is 7.30. The molecule has 19 heavy (non-hydrogen) atoms. The molecule has 0 spiro atoms. The molecule has 2 fully saturated rings. The standard InChI is InChI=1S/C13H22N6/c1-14-11-16-12(15-10-6-2-3-7-10)18-13(17-11)19-8-4-5-9-19/h10H,2-9H2,1H3,(H2,14,15,16,17,18).